The number of allylic oxidation sites excluding steroid dienone is 2. The molecule has 0 aliphatic heterocycles. The maximum absolute atomic E-state index is 10.6. The molecule has 0 radical (unpaired) electrons. The first-order valence-corrected chi connectivity index (χ1v) is 6.10. The average molecular weight is 232 g/mol. The zero-order valence-electron chi connectivity index (χ0n) is 10.6. The van der Waals surface area contributed by atoms with E-state index in [1.807, 2.05) is 24.3 Å². The van der Waals surface area contributed by atoms with Crippen molar-refractivity contribution >= 4 is 11.9 Å². The predicted molar refractivity (Wildman–Crippen MR) is 71.2 cm³/mol. The number of aldehydes is 1. The Morgan fingerprint density at radius 2 is 1.94 bits per heavy atom. The van der Waals surface area contributed by atoms with E-state index in [-0.39, 0.29) is 0 Å². The number of methoxy groups -OCH3 is 1. The van der Waals surface area contributed by atoms with Crippen molar-refractivity contribution in [3.8, 4) is 5.75 Å². The minimum atomic E-state index is 0.841. The van der Waals surface area contributed by atoms with Crippen LogP contribution < -0.4 is 4.74 Å². The molecule has 0 aliphatic rings. The van der Waals surface area contributed by atoms with Crippen molar-refractivity contribution in [3.05, 3.63) is 35.9 Å². The van der Waals surface area contributed by atoms with E-state index in [4.69, 9.17) is 4.74 Å². The molecule has 1 aromatic rings. The molecule has 1 aromatic carbocycles. The zero-order valence-corrected chi connectivity index (χ0v) is 10.6. The van der Waals surface area contributed by atoms with Gasteiger partial charge in [0.05, 0.1) is 7.11 Å². The first kappa shape index (κ1) is 13.5. The van der Waals surface area contributed by atoms with Gasteiger partial charge in [-0.2, -0.15) is 0 Å². The number of ether oxygens (including phenoxy) is 1. The van der Waals surface area contributed by atoms with Crippen molar-refractivity contribution in [1.29, 1.82) is 0 Å². The standard InChI is InChI=1S/C15H20O2/c1-3-4-5-6-13(11-12-16)14-7-9-15(17-2)10-8-14/h7-12H,3-6H2,1-2H3/b13-11+. The Morgan fingerprint density at radius 1 is 1.24 bits per heavy atom. The minimum Gasteiger partial charge on any atom is -0.497 e. The number of benzene rings is 1. The lowest BCUT2D eigenvalue weighted by atomic mass is 9.99. The van der Waals surface area contributed by atoms with Crippen molar-refractivity contribution < 1.29 is 9.53 Å². The largest absolute Gasteiger partial charge is 0.497 e. The number of hydrogen-bond donors (Lipinski definition) is 0. The van der Waals surface area contributed by atoms with E-state index in [9.17, 15) is 4.79 Å². The van der Waals surface area contributed by atoms with Crippen molar-refractivity contribution in [1.82, 2.24) is 0 Å². The van der Waals surface area contributed by atoms with E-state index < -0.39 is 0 Å². The number of rotatable bonds is 7. The predicted octanol–water partition coefficient (Wildman–Crippen LogP) is 3.86. The molecule has 0 aromatic heterocycles. The van der Waals surface area contributed by atoms with E-state index in [2.05, 4.69) is 6.92 Å². The Morgan fingerprint density at radius 3 is 2.47 bits per heavy atom. The zero-order chi connectivity index (χ0) is 12.5. The summed E-state index contributed by atoms with van der Waals surface area (Å²) in [6.45, 7) is 2.18. The average Bonchev–Trinajstić information content (AvgIpc) is 2.38. The molecule has 2 nitrogen and oxygen atoms in total. The number of hydrogen-bond acceptors (Lipinski definition) is 2. The minimum absolute atomic E-state index is 0.841. The first-order chi connectivity index (χ1) is 8.31. The number of carbonyl (C=O) groups excluding carboxylic acids is 1. The molecule has 0 N–H and O–H groups in total. The Bertz CT molecular complexity index is 363. The molecule has 0 aliphatic carbocycles. The first-order valence-electron chi connectivity index (χ1n) is 6.10. The van der Waals surface area contributed by atoms with Crippen LogP contribution in [-0.2, 0) is 4.79 Å². The summed E-state index contributed by atoms with van der Waals surface area (Å²) in [6.07, 6.45) is 7.01. The summed E-state index contributed by atoms with van der Waals surface area (Å²) in [5.74, 6) is 0.841. The summed E-state index contributed by atoms with van der Waals surface area (Å²) in [4.78, 5) is 10.6. The summed E-state index contributed by atoms with van der Waals surface area (Å²) in [6, 6.07) is 7.85. The molecule has 0 amide bonds. The second-order valence-electron chi connectivity index (χ2n) is 4.01. The summed E-state index contributed by atoms with van der Waals surface area (Å²) < 4.78 is 5.12. The summed E-state index contributed by atoms with van der Waals surface area (Å²) >= 11 is 0. The quantitative estimate of drug-likeness (QED) is 0.405. The fourth-order valence-electron chi connectivity index (χ4n) is 1.78. The molecule has 0 saturated carbocycles. The number of carbonyl (C=O) groups is 1. The fraction of sp³-hybridized carbons (Fsp3) is 0.400. The Hall–Kier alpha value is -1.57. The van der Waals surface area contributed by atoms with Crippen molar-refractivity contribution in [2.75, 3.05) is 7.11 Å². The Balaban J connectivity index is 2.75. The molecule has 0 fully saturated rings. The van der Waals surface area contributed by atoms with Crippen molar-refractivity contribution in [2.24, 2.45) is 0 Å². The van der Waals surface area contributed by atoms with Gasteiger partial charge in [0.15, 0.2) is 0 Å². The van der Waals surface area contributed by atoms with Gasteiger partial charge < -0.3 is 4.74 Å². The molecule has 0 unspecified atom stereocenters. The summed E-state index contributed by atoms with van der Waals surface area (Å²) in [5, 5.41) is 0. The van der Waals surface area contributed by atoms with Gasteiger partial charge in [-0.3, -0.25) is 4.79 Å². The van der Waals surface area contributed by atoms with Gasteiger partial charge in [0.25, 0.3) is 0 Å². The summed E-state index contributed by atoms with van der Waals surface area (Å²) in [5.41, 5.74) is 2.21. The molecule has 0 saturated heterocycles. The van der Waals surface area contributed by atoms with Crippen LogP contribution in [0.5, 0.6) is 5.75 Å². The Kier molecular flexibility index (Phi) is 6.08. The van der Waals surface area contributed by atoms with Crippen LogP contribution in [0.4, 0.5) is 0 Å². The summed E-state index contributed by atoms with van der Waals surface area (Å²) in [7, 11) is 1.65. The van der Waals surface area contributed by atoms with E-state index in [1.165, 1.54) is 12.8 Å². The van der Waals surface area contributed by atoms with Crippen LogP contribution in [0.1, 0.15) is 38.2 Å². The van der Waals surface area contributed by atoms with Crippen molar-refractivity contribution in [3.63, 3.8) is 0 Å². The van der Waals surface area contributed by atoms with Crippen LogP contribution in [0, 0.1) is 0 Å². The maximum atomic E-state index is 10.6. The van der Waals surface area contributed by atoms with Gasteiger partial charge in [-0.25, -0.2) is 0 Å². The molecule has 1 rings (SSSR count). The smallest absolute Gasteiger partial charge is 0.143 e. The topological polar surface area (TPSA) is 26.3 Å². The van der Waals surface area contributed by atoms with Crippen LogP contribution in [-0.4, -0.2) is 13.4 Å². The van der Waals surface area contributed by atoms with Crippen LogP contribution in [0.15, 0.2) is 30.3 Å². The normalized spacial score (nSPS) is 11.3. The van der Waals surface area contributed by atoms with Crippen molar-refractivity contribution in [2.45, 2.75) is 32.6 Å². The van der Waals surface area contributed by atoms with Gasteiger partial charge >= 0.3 is 0 Å². The second-order valence-corrected chi connectivity index (χ2v) is 4.01. The molecule has 17 heavy (non-hydrogen) atoms. The van der Waals surface area contributed by atoms with Gasteiger partial charge in [-0.05, 0) is 42.2 Å². The molecular weight excluding hydrogens is 212 g/mol. The van der Waals surface area contributed by atoms with Crippen LogP contribution in [0.25, 0.3) is 5.57 Å². The van der Waals surface area contributed by atoms with Gasteiger partial charge in [-0.1, -0.05) is 31.9 Å². The van der Waals surface area contributed by atoms with Gasteiger partial charge in [0, 0.05) is 0 Å². The van der Waals surface area contributed by atoms with Gasteiger partial charge in [0.1, 0.15) is 12.0 Å². The highest BCUT2D eigenvalue weighted by atomic mass is 16.5. The molecule has 92 valence electrons. The lowest BCUT2D eigenvalue weighted by Crippen LogP contribution is -1.88. The van der Waals surface area contributed by atoms with E-state index in [1.54, 1.807) is 13.2 Å². The van der Waals surface area contributed by atoms with Crippen LogP contribution in [0.3, 0.4) is 0 Å². The molecule has 0 bridgehead atoms. The highest BCUT2D eigenvalue weighted by molar-refractivity contribution is 5.81. The third kappa shape index (κ3) is 4.43. The second kappa shape index (κ2) is 7.66. The highest BCUT2D eigenvalue weighted by Crippen LogP contribution is 2.23. The van der Waals surface area contributed by atoms with Gasteiger partial charge in [-0.15, -0.1) is 0 Å². The molecule has 0 heterocycles. The van der Waals surface area contributed by atoms with E-state index in [0.29, 0.717) is 0 Å². The van der Waals surface area contributed by atoms with E-state index in [0.717, 1.165) is 36.0 Å². The lowest BCUT2D eigenvalue weighted by molar-refractivity contribution is -0.104. The lowest BCUT2D eigenvalue weighted by Gasteiger charge is -2.07. The monoisotopic (exact) mass is 232 g/mol. The highest BCUT2D eigenvalue weighted by Gasteiger charge is 2.01. The molecule has 0 spiro atoms. The van der Waals surface area contributed by atoms with Gasteiger partial charge in [0.2, 0.25) is 0 Å². The molecule has 2 heteroatoms. The SMILES string of the molecule is CCCCC/C(=C\C=O)c1ccc(OC)cc1. The van der Waals surface area contributed by atoms with Crippen LogP contribution in [0.2, 0.25) is 0 Å². The third-order valence-corrected chi connectivity index (χ3v) is 2.78. The molecule has 0 atom stereocenters. The maximum Gasteiger partial charge on any atom is 0.143 e. The number of unbranched alkanes of at least 4 members (excludes halogenated alkanes) is 2. The third-order valence-electron chi connectivity index (χ3n) is 2.78. The van der Waals surface area contributed by atoms with Crippen LogP contribution >= 0.6 is 0 Å². The van der Waals surface area contributed by atoms with E-state index >= 15 is 0 Å². The molecular formula is C15H20O2. The fourth-order valence-corrected chi connectivity index (χ4v) is 1.78. The Labute approximate surface area is 103 Å².